The second-order valence-corrected chi connectivity index (χ2v) is 4.00. The molecule has 0 aromatic rings. The van der Waals surface area contributed by atoms with Crippen LogP contribution in [0.4, 0.5) is 0 Å². The molecule has 1 fully saturated rings. The van der Waals surface area contributed by atoms with Crippen molar-refractivity contribution in [1.82, 2.24) is 0 Å². The Labute approximate surface area is 85.3 Å². The van der Waals surface area contributed by atoms with Crippen LogP contribution in [0, 0.1) is 11.8 Å². The predicted molar refractivity (Wildman–Crippen MR) is 57.0 cm³/mol. The van der Waals surface area contributed by atoms with Gasteiger partial charge in [-0.05, 0) is 31.6 Å². The lowest BCUT2D eigenvalue weighted by Crippen LogP contribution is -2.16. The van der Waals surface area contributed by atoms with Gasteiger partial charge in [0.05, 0.1) is 0 Å². The monoisotopic (exact) mass is 194 g/mol. The van der Waals surface area contributed by atoms with Crippen LogP contribution in [0.2, 0.25) is 0 Å². The molecule has 2 unspecified atom stereocenters. The van der Waals surface area contributed by atoms with Crippen molar-refractivity contribution >= 4 is 5.97 Å². The molecular formula is C12H18O2. The summed E-state index contributed by atoms with van der Waals surface area (Å²) in [6.45, 7) is 5.47. The summed E-state index contributed by atoms with van der Waals surface area (Å²) < 4.78 is 0. The van der Waals surface area contributed by atoms with Crippen LogP contribution in [-0.4, -0.2) is 11.1 Å². The third-order valence-corrected chi connectivity index (χ3v) is 2.98. The van der Waals surface area contributed by atoms with Gasteiger partial charge >= 0.3 is 5.97 Å². The number of aliphatic carboxylic acids is 1. The summed E-state index contributed by atoms with van der Waals surface area (Å²) in [6.07, 6.45) is 8.56. The summed E-state index contributed by atoms with van der Waals surface area (Å²) in [5.74, 6) is 0.0498. The number of hydrogen-bond donors (Lipinski definition) is 1. The third-order valence-electron chi connectivity index (χ3n) is 2.98. The summed E-state index contributed by atoms with van der Waals surface area (Å²) in [6, 6.07) is 0. The molecule has 0 saturated heterocycles. The number of allylic oxidation sites excluding steroid dienone is 2. The number of carboxylic acids is 1. The molecule has 0 amide bonds. The highest BCUT2D eigenvalue weighted by atomic mass is 16.4. The number of hydrogen-bond acceptors (Lipinski definition) is 1. The summed E-state index contributed by atoms with van der Waals surface area (Å²) >= 11 is 0. The van der Waals surface area contributed by atoms with Crippen LogP contribution in [0.1, 0.15) is 32.6 Å². The standard InChI is InChI=1S/C12H18O2/c1-3-10-6-4-5-7-11(10)8-9(2)12(13)14/h3,8,10-11H,1,4-7H2,2H3,(H,13,14). The number of rotatable bonds is 3. The Morgan fingerprint density at radius 2 is 1.93 bits per heavy atom. The average molecular weight is 194 g/mol. The Balaban J connectivity index is 2.69. The Bertz CT molecular complexity index is 253. The van der Waals surface area contributed by atoms with Crippen LogP contribution in [0.15, 0.2) is 24.3 Å². The zero-order valence-electron chi connectivity index (χ0n) is 8.70. The molecule has 1 aliphatic rings. The first-order valence-corrected chi connectivity index (χ1v) is 5.19. The molecule has 0 aliphatic heterocycles. The predicted octanol–water partition coefficient (Wildman–Crippen LogP) is 3.01. The molecule has 0 radical (unpaired) electrons. The third kappa shape index (κ3) is 2.72. The molecular weight excluding hydrogens is 176 g/mol. The van der Waals surface area contributed by atoms with Gasteiger partial charge in [0.15, 0.2) is 0 Å². The number of carbonyl (C=O) groups is 1. The van der Waals surface area contributed by atoms with Gasteiger partial charge < -0.3 is 5.11 Å². The second kappa shape index (κ2) is 4.99. The molecule has 14 heavy (non-hydrogen) atoms. The van der Waals surface area contributed by atoms with Crippen LogP contribution in [0.25, 0.3) is 0 Å². The van der Waals surface area contributed by atoms with Crippen molar-refractivity contribution in [2.24, 2.45) is 11.8 Å². The van der Waals surface area contributed by atoms with Crippen molar-refractivity contribution in [3.63, 3.8) is 0 Å². The van der Waals surface area contributed by atoms with E-state index in [0.717, 1.165) is 12.8 Å². The molecule has 78 valence electrons. The molecule has 1 rings (SSSR count). The first-order chi connectivity index (χ1) is 6.65. The van der Waals surface area contributed by atoms with E-state index in [9.17, 15) is 4.79 Å². The topological polar surface area (TPSA) is 37.3 Å². The van der Waals surface area contributed by atoms with E-state index in [4.69, 9.17) is 5.11 Å². The van der Waals surface area contributed by atoms with Crippen molar-refractivity contribution in [2.75, 3.05) is 0 Å². The van der Waals surface area contributed by atoms with Crippen molar-refractivity contribution in [1.29, 1.82) is 0 Å². The molecule has 0 bridgehead atoms. The van der Waals surface area contributed by atoms with Gasteiger partial charge in [-0.1, -0.05) is 25.0 Å². The van der Waals surface area contributed by atoms with Crippen LogP contribution in [0.5, 0.6) is 0 Å². The molecule has 1 saturated carbocycles. The maximum atomic E-state index is 10.7. The van der Waals surface area contributed by atoms with E-state index in [-0.39, 0.29) is 0 Å². The molecule has 0 spiro atoms. The number of carboxylic acid groups (broad SMARTS) is 1. The minimum Gasteiger partial charge on any atom is -0.478 e. The van der Waals surface area contributed by atoms with Crippen LogP contribution in [-0.2, 0) is 4.79 Å². The highest BCUT2D eigenvalue weighted by molar-refractivity contribution is 5.85. The van der Waals surface area contributed by atoms with Crippen molar-refractivity contribution in [3.05, 3.63) is 24.3 Å². The van der Waals surface area contributed by atoms with E-state index < -0.39 is 5.97 Å². The molecule has 0 aromatic carbocycles. The molecule has 1 N–H and O–H groups in total. The maximum Gasteiger partial charge on any atom is 0.330 e. The minimum absolute atomic E-state index is 0.386. The summed E-state index contributed by atoms with van der Waals surface area (Å²) in [4.78, 5) is 10.7. The zero-order valence-corrected chi connectivity index (χ0v) is 8.70. The largest absolute Gasteiger partial charge is 0.478 e. The lowest BCUT2D eigenvalue weighted by molar-refractivity contribution is -0.132. The van der Waals surface area contributed by atoms with E-state index in [1.165, 1.54) is 12.8 Å². The fraction of sp³-hybridized carbons (Fsp3) is 0.583. The molecule has 0 aromatic heterocycles. The minimum atomic E-state index is -0.807. The fourth-order valence-electron chi connectivity index (χ4n) is 2.08. The van der Waals surface area contributed by atoms with E-state index >= 15 is 0 Å². The second-order valence-electron chi connectivity index (χ2n) is 4.00. The van der Waals surface area contributed by atoms with Gasteiger partial charge in [-0.2, -0.15) is 0 Å². The van der Waals surface area contributed by atoms with Gasteiger partial charge in [0.1, 0.15) is 0 Å². The maximum absolute atomic E-state index is 10.7. The van der Waals surface area contributed by atoms with Crippen LogP contribution < -0.4 is 0 Å². The van der Waals surface area contributed by atoms with Gasteiger partial charge in [0.2, 0.25) is 0 Å². The molecule has 2 heteroatoms. The normalized spacial score (nSPS) is 28.5. The van der Waals surface area contributed by atoms with E-state index in [1.807, 2.05) is 12.2 Å². The van der Waals surface area contributed by atoms with E-state index in [0.29, 0.717) is 17.4 Å². The van der Waals surface area contributed by atoms with Gasteiger partial charge in [-0.25, -0.2) is 4.79 Å². The quantitative estimate of drug-likeness (QED) is 0.554. The first-order valence-electron chi connectivity index (χ1n) is 5.19. The summed E-state index contributed by atoms with van der Waals surface area (Å²) in [5, 5.41) is 8.78. The van der Waals surface area contributed by atoms with Gasteiger partial charge in [-0.3, -0.25) is 0 Å². The SMILES string of the molecule is C=CC1CCCCC1C=C(C)C(=O)O. The van der Waals surface area contributed by atoms with Gasteiger partial charge in [0.25, 0.3) is 0 Å². The Hall–Kier alpha value is -1.05. The molecule has 0 heterocycles. The molecule has 1 aliphatic carbocycles. The highest BCUT2D eigenvalue weighted by Crippen LogP contribution is 2.32. The Morgan fingerprint density at radius 1 is 1.36 bits per heavy atom. The van der Waals surface area contributed by atoms with Crippen LogP contribution in [0.3, 0.4) is 0 Å². The molecule has 2 nitrogen and oxygen atoms in total. The Morgan fingerprint density at radius 3 is 2.43 bits per heavy atom. The van der Waals surface area contributed by atoms with Gasteiger partial charge in [-0.15, -0.1) is 6.58 Å². The van der Waals surface area contributed by atoms with E-state index in [2.05, 4.69) is 6.58 Å². The first kappa shape index (κ1) is 11.0. The lowest BCUT2D eigenvalue weighted by Gasteiger charge is -2.27. The molecule has 2 atom stereocenters. The fourth-order valence-corrected chi connectivity index (χ4v) is 2.08. The van der Waals surface area contributed by atoms with E-state index in [1.54, 1.807) is 6.92 Å². The zero-order chi connectivity index (χ0) is 10.6. The van der Waals surface area contributed by atoms with Crippen molar-refractivity contribution in [2.45, 2.75) is 32.6 Å². The van der Waals surface area contributed by atoms with Crippen molar-refractivity contribution < 1.29 is 9.90 Å². The average Bonchev–Trinajstić information content (AvgIpc) is 2.18. The smallest absolute Gasteiger partial charge is 0.330 e. The van der Waals surface area contributed by atoms with Crippen molar-refractivity contribution in [3.8, 4) is 0 Å². The van der Waals surface area contributed by atoms with Gasteiger partial charge in [0, 0.05) is 5.57 Å². The Kier molecular flexibility index (Phi) is 3.93. The highest BCUT2D eigenvalue weighted by Gasteiger charge is 2.21. The lowest BCUT2D eigenvalue weighted by atomic mass is 9.78. The summed E-state index contributed by atoms with van der Waals surface area (Å²) in [5.41, 5.74) is 0.462. The van der Waals surface area contributed by atoms with Crippen LogP contribution >= 0.6 is 0 Å². The summed E-state index contributed by atoms with van der Waals surface area (Å²) in [7, 11) is 0.